The molecular formula is C22H21NO8. The predicted molar refractivity (Wildman–Crippen MR) is 109 cm³/mol. The molecule has 9 heteroatoms. The molecule has 0 bridgehead atoms. The van der Waals surface area contributed by atoms with Crippen molar-refractivity contribution in [3.63, 3.8) is 0 Å². The number of aliphatic hydroxyl groups is 1. The number of carboxylic acids is 1. The van der Waals surface area contributed by atoms with Crippen molar-refractivity contribution in [3.05, 3.63) is 59.4 Å². The van der Waals surface area contributed by atoms with Gasteiger partial charge in [0.15, 0.2) is 18.4 Å². The van der Waals surface area contributed by atoms with Crippen molar-refractivity contribution in [2.75, 3.05) is 13.7 Å². The quantitative estimate of drug-likeness (QED) is 0.542. The van der Waals surface area contributed by atoms with Crippen LogP contribution in [-0.4, -0.2) is 53.7 Å². The third-order valence-corrected chi connectivity index (χ3v) is 4.47. The zero-order valence-corrected chi connectivity index (χ0v) is 16.8. The van der Waals surface area contributed by atoms with Gasteiger partial charge in [-0.25, -0.2) is 4.79 Å². The molecule has 162 valence electrons. The Bertz CT molecular complexity index is 1040. The maximum atomic E-state index is 12.6. The Balaban J connectivity index is 1.67. The minimum atomic E-state index is -1.44. The third-order valence-electron chi connectivity index (χ3n) is 4.47. The lowest BCUT2D eigenvalue weighted by atomic mass is 10.1. The first kappa shape index (κ1) is 21.8. The second-order valence-electron chi connectivity index (χ2n) is 6.79. The molecule has 3 N–H and O–H groups in total. The van der Waals surface area contributed by atoms with Crippen LogP contribution in [0.3, 0.4) is 0 Å². The molecule has 1 heterocycles. The normalized spacial score (nSPS) is 15.6. The zero-order valence-electron chi connectivity index (χ0n) is 16.8. The Morgan fingerprint density at radius 2 is 1.97 bits per heavy atom. The maximum Gasteiger partial charge on any atom is 0.328 e. The molecule has 0 aromatic heterocycles. The molecule has 0 radical (unpaired) electrons. The number of nitrogens with one attached hydrogen (secondary N) is 1. The number of allylic oxidation sites excluding steroid dienone is 1. The number of hydrogen-bond donors (Lipinski definition) is 3. The van der Waals surface area contributed by atoms with Crippen LogP contribution in [0.4, 0.5) is 0 Å². The highest BCUT2D eigenvalue weighted by atomic mass is 16.5. The monoisotopic (exact) mass is 427 g/mol. The van der Waals surface area contributed by atoms with Crippen LogP contribution >= 0.6 is 0 Å². The smallest absolute Gasteiger partial charge is 0.328 e. The van der Waals surface area contributed by atoms with Gasteiger partial charge in [-0.2, -0.15) is 0 Å². The standard InChI is InChI=1S/C22H21NO8/c1-12(24)20(22(27)28)23-19(25)11-30-15-6-7-16-17(10-15)31-18(21(16)26)9-13-4-3-5-14(8-13)29-2/h3-10,12,20,24H,11H2,1-2H3,(H,23,25)(H,27,28)/t12-,20-/m0/s1. The molecule has 1 amide bonds. The van der Waals surface area contributed by atoms with E-state index in [-0.39, 0.29) is 23.0 Å². The summed E-state index contributed by atoms with van der Waals surface area (Å²) in [5.74, 6) is -1.04. The van der Waals surface area contributed by atoms with Crippen molar-refractivity contribution in [2.45, 2.75) is 19.1 Å². The van der Waals surface area contributed by atoms with Gasteiger partial charge < -0.3 is 29.7 Å². The summed E-state index contributed by atoms with van der Waals surface area (Å²) in [7, 11) is 1.55. The number of benzene rings is 2. The van der Waals surface area contributed by atoms with Gasteiger partial charge in [0.1, 0.15) is 17.2 Å². The first-order valence-corrected chi connectivity index (χ1v) is 9.34. The fraction of sp³-hybridized carbons (Fsp3) is 0.227. The highest BCUT2D eigenvalue weighted by Crippen LogP contribution is 2.35. The van der Waals surface area contributed by atoms with Gasteiger partial charge >= 0.3 is 5.97 Å². The van der Waals surface area contributed by atoms with E-state index in [0.717, 1.165) is 5.56 Å². The Kier molecular flexibility index (Phi) is 6.56. The van der Waals surface area contributed by atoms with E-state index < -0.39 is 30.6 Å². The Labute approximate surface area is 177 Å². The molecule has 3 rings (SSSR count). The number of methoxy groups -OCH3 is 1. The average Bonchev–Trinajstić information content (AvgIpc) is 3.04. The van der Waals surface area contributed by atoms with Gasteiger partial charge in [-0.3, -0.25) is 9.59 Å². The van der Waals surface area contributed by atoms with Gasteiger partial charge in [-0.1, -0.05) is 12.1 Å². The van der Waals surface area contributed by atoms with Gasteiger partial charge in [0.25, 0.3) is 5.91 Å². The molecular weight excluding hydrogens is 406 g/mol. The summed E-state index contributed by atoms with van der Waals surface area (Å²) in [5, 5.41) is 20.6. The largest absolute Gasteiger partial charge is 0.497 e. The van der Waals surface area contributed by atoms with Crippen LogP contribution in [0.15, 0.2) is 48.2 Å². The van der Waals surface area contributed by atoms with Crippen LogP contribution in [0.5, 0.6) is 17.2 Å². The molecule has 0 spiro atoms. The highest BCUT2D eigenvalue weighted by Gasteiger charge is 2.28. The molecule has 1 aliphatic heterocycles. The van der Waals surface area contributed by atoms with Crippen molar-refractivity contribution in [3.8, 4) is 17.2 Å². The molecule has 0 saturated carbocycles. The first-order chi connectivity index (χ1) is 14.8. The second-order valence-corrected chi connectivity index (χ2v) is 6.79. The Hall–Kier alpha value is -3.85. The van der Waals surface area contributed by atoms with Crippen molar-refractivity contribution in [1.82, 2.24) is 5.32 Å². The number of carboxylic acid groups (broad SMARTS) is 1. The van der Waals surface area contributed by atoms with Crippen LogP contribution < -0.4 is 19.5 Å². The van der Waals surface area contributed by atoms with Crippen LogP contribution in [0.1, 0.15) is 22.8 Å². The minimum Gasteiger partial charge on any atom is -0.497 e. The number of rotatable bonds is 8. The summed E-state index contributed by atoms with van der Waals surface area (Å²) >= 11 is 0. The van der Waals surface area contributed by atoms with E-state index >= 15 is 0 Å². The summed E-state index contributed by atoms with van der Waals surface area (Å²) in [5.41, 5.74) is 1.08. The third kappa shape index (κ3) is 5.20. The minimum absolute atomic E-state index is 0.138. The van der Waals surface area contributed by atoms with Gasteiger partial charge in [-0.15, -0.1) is 0 Å². The Morgan fingerprint density at radius 1 is 1.19 bits per heavy atom. The lowest BCUT2D eigenvalue weighted by Gasteiger charge is -2.17. The number of ketones is 1. The molecule has 0 saturated heterocycles. The highest BCUT2D eigenvalue weighted by molar-refractivity contribution is 6.14. The number of carbonyl (C=O) groups is 3. The first-order valence-electron chi connectivity index (χ1n) is 9.34. The fourth-order valence-electron chi connectivity index (χ4n) is 2.89. The number of carbonyl (C=O) groups excluding carboxylic acids is 2. The van der Waals surface area contributed by atoms with Crippen molar-refractivity contribution >= 4 is 23.7 Å². The van der Waals surface area contributed by atoms with Gasteiger partial charge in [0, 0.05) is 6.07 Å². The number of fused-ring (bicyclic) bond motifs is 1. The Morgan fingerprint density at radius 3 is 2.65 bits per heavy atom. The van der Waals surface area contributed by atoms with E-state index in [1.54, 1.807) is 37.5 Å². The van der Waals surface area contributed by atoms with E-state index in [0.29, 0.717) is 11.3 Å². The summed E-state index contributed by atoms with van der Waals surface area (Å²) in [6, 6.07) is 10.2. The number of amides is 1. The molecule has 2 aromatic rings. The second kappa shape index (κ2) is 9.31. The lowest BCUT2D eigenvalue weighted by molar-refractivity contribution is -0.145. The zero-order chi connectivity index (χ0) is 22.5. The van der Waals surface area contributed by atoms with Gasteiger partial charge in [0.2, 0.25) is 5.78 Å². The molecule has 0 aliphatic carbocycles. The average molecular weight is 427 g/mol. The number of aliphatic hydroxyl groups excluding tert-OH is 1. The summed E-state index contributed by atoms with van der Waals surface area (Å²) < 4.78 is 16.2. The number of Topliss-reactive ketones (excluding diaryl/α,β-unsaturated/α-hetero) is 1. The van der Waals surface area contributed by atoms with E-state index in [9.17, 15) is 19.5 Å². The SMILES string of the molecule is COc1cccc(C=C2Oc3cc(OCC(=O)N[C@H](C(=O)O)[C@H](C)O)ccc3C2=O)c1. The molecule has 31 heavy (non-hydrogen) atoms. The summed E-state index contributed by atoms with van der Waals surface area (Å²) in [6.07, 6.45) is 0.330. The predicted octanol–water partition coefficient (Wildman–Crippen LogP) is 1.64. The molecule has 1 aliphatic rings. The molecule has 0 fully saturated rings. The number of hydrogen-bond acceptors (Lipinski definition) is 7. The van der Waals surface area contributed by atoms with E-state index in [1.165, 1.54) is 25.1 Å². The maximum absolute atomic E-state index is 12.6. The van der Waals surface area contributed by atoms with E-state index in [4.69, 9.17) is 19.3 Å². The van der Waals surface area contributed by atoms with Crippen molar-refractivity contribution < 1.29 is 38.8 Å². The molecule has 0 unspecified atom stereocenters. The van der Waals surface area contributed by atoms with Crippen molar-refractivity contribution in [2.24, 2.45) is 0 Å². The lowest BCUT2D eigenvalue weighted by Crippen LogP contribution is -2.49. The van der Waals surface area contributed by atoms with E-state index in [2.05, 4.69) is 5.32 Å². The molecule has 9 nitrogen and oxygen atoms in total. The topological polar surface area (TPSA) is 131 Å². The fourth-order valence-corrected chi connectivity index (χ4v) is 2.89. The van der Waals surface area contributed by atoms with Crippen LogP contribution in [0, 0.1) is 0 Å². The van der Waals surface area contributed by atoms with Gasteiger partial charge in [0.05, 0.1) is 18.8 Å². The summed E-state index contributed by atoms with van der Waals surface area (Å²) in [4.78, 5) is 35.5. The molecule has 2 aromatic carbocycles. The van der Waals surface area contributed by atoms with Crippen LogP contribution in [-0.2, 0) is 9.59 Å². The van der Waals surface area contributed by atoms with Crippen molar-refractivity contribution in [1.29, 1.82) is 0 Å². The van der Waals surface area contributed by atoms with Gasteiger partial charge in [-0.05, 0) is 42.8 Å². The van der Waals surface area contributed by atoms with E-state index in [1.807, 2.05) is 0 Å². The number of aliphatic carboxylic acids is 1. The van der Waals surface area contributed by atoms with Crippen LogP contribution in [0.25, 0.3) is 6.08 Å². The van der Waals surface area contributed by atoms with Crippen LogP contribution in [0.2, 0.25) is 0 Å². The summed E-state index contributed by atoms with van der Waals surface area (Å²) in [6.45, 7) is 0.779. The number of ether oxygens (including phenoxy) is 3. The molecule has 2 atom stereocenters.